The summed E-state index contributed by atoms with van der Waals surface area (Å²) in [5.41, 5.74) is 0.751. The van der Waals surface area contributed by atoms with Crippen molar-refractivity contribution in [1.82, 2.24) is 5.32 Å². The molecule has 0 spiro atoms. The topological polar surface area (TPSA) is 99.9 Å². The van der Waals surface area contributed by atoms with Crippen molar-refractivity contribution in [2.75, 3.05) is 21.3 Å². The molecular formula is C14H18N2O6. The van der Waals surface area contributed by atoms with Gasteiger partial charge in [0.1, 0.15) is 5.92 Å². The molecule has 120 valence electrons. The van der Waals surface area contributed by atoms with Gasteiger partial charge in [-0.1, -0.05) is 0 Å². The van der Waals surface area contributed by atoms with E-state index in [1.807, 2.05) is 0 Å². The van der Waals surface area contributed by atoms with E-state index in [0.29, 0.717) is 23.7 Å². The Morgan fingerprint density at radius 2 is 1.86 bits per heavy atom. The van der Waals surface area contributed by atoms with E-state index in [-0.39, 0.29) is 12.5 Å². The molecule has 0 heterocycles. The molecule has 2 atom stereocenters. The predicted octanol–water partition coefficient (Wildman–Crippen LogP) is 0.994. The number of nitro groups is 1. The van der Waals surface area contributed by atoms with Crippen LogP contribution < -0.4 is 19.5 Å². The fourth-order valence-corrected chi connectivity index (χ4v) is 2.25. The average Bonchev–Trinajstić information content (AvgIpc) is 3.32. The standard InChI is InChI=1S/C14H18N2O6/c1-20-11-4-8(5-12(21-2)13(11)22-3)7-15-14(17)9-6-10(9)16(18)19/h4-5,9-10H,6-7H2,1-3H3,(H,15,17). The molecule has 1 fully saturated rings. The lowest BCUT2D eigenvalue weighted by Crippen LogP contribution is -2.26. The van der Waals surface area contributed by atoms with Gasteiger partial charge in [-0.05, 0) is 17.7 Å². The first-order chi connectivity index (χ1) is 10.5. The van der Waals surface area contributed by atoms with E-state index in [4.69, 9.17) is 14.2 Å². The second-order valence-electron chi connectivity index (χ2n) is 4.95. The summed E-state index contributed by atoms with van der Waals surface area (Å²) in [7, 11) is 4.52. The average molecular weight is 310 g/mol. The number of methoxy groups -OCH3 is 3. The van der Waals surface area contributed by atoms with E-state index in [2.05, 4.69) is 5.32 Å². The third-order valence-corrected chi connectivity index (χ3v) is 3.56. The van der Waals surface area contributed by atoms with E-state index in [1.165, 1.54) is 21.3 Å². The van der Waals surface area contributed by atoms with Gasteiger partial charge in [-0.25, -0.2) is 0 Å². The van der Waals surface area contributed by atoms with Crippen LogP contribution in [0.4, 0.5) is 0 Å². The van der Waals surface area contributed by atoms with E-state index < -0.39 is 16.9 Å². The Kier molecular flexibility index (Phi) is 4.69. The Hall–Kier alpha value is -2.51. The summed E-state index contributed by atoms with van der Waals surface area (Å²) < 4.78 is 15.7. The maximum atomic E-state index is 11.8. The smallest absolute Gasteiger partial charge is 0.230 e. The van der Waals surface area contributed by atoms with Crippen LogP contribution in [-0.4, -0.2) is 38.2 Å². The van der Waals surface area contributed by atoms with Crippen molar-refractivity contribution in [3.63, 3.8) is 0 Å². The molecule has 1 aromatic rings. The van der Waals surface area contributed by atoms with Gasteiger partial charge in [-0.15, -0.1) is 0 Å². The summed E-state index contributed by atoms with van der Waals surface area (Å²) in [5, 5.41) is 13.3. The zero-order valence-electron chi connectivity index (χ0n) is 12.6. The Balaban J connectivity index is 2.04. The first-order valence-electron chi connectivity index (χ1n) is 6.71. The molecule has 1 aromatic carbocycles. The van der Waals surface area contributed by atoms with Gasteiger partial charge < -0.3 is 19.5 Å². The minimum absolute atomic E-state index is 0.233. The highest BCUT2D eigenvalue weighted by molar-refractivity contribution is 5.82. The van der Waals surface area contributed by atoms with E-state index >= 15 is 0 Å². The molecular weight excluding hydrogens is 292 g/mol. The quantitative estimate of drug-likeness (QED) is 0.595. The van der Waals surface area contributed by atoms with Crippen molar-refractivity contribution in [3.05, 3.63) is 27.8 Å². The molecule has 0 bridgehead atoms. The van der Waals surface area contributed by atoms with Gasteiger partial charge >= 0.3 is 0 Å². The molecule has 1 aliphatic rings. The molecule has 1 aliphatic carbocycles. The number of ether oxygens (including phenoxy) is 3. The van der Waals surface area contributed by atoms with Crippen molar-refractivity contribution < 1.29 is 23.9 Å². The summed E-state index contributed by atoms with van der Waals surface area (Å²) in [5.74, 6) is 0.601. The van der Waals surface area contributed by atoms with Crippen molar-refractivity contribution >= 4 is 5.91 Å². The largest absolute Gasteiger partial charge is 0.493 e. The van der Waals surface area contributed by atoms with Gasteiger partial charge in [0.2, 0.25) is 17.7 Å². The second kappa shape index (κ2) is 6.50. The minimum Gasteiger partial charge on any atom is -0.493 e. The second-order valence-corrected chi connectivity index (χ2v) is 4.95. The summed E-state index contributed by atoms with van der Waals surface area (Å²) in [6.07, 6.45) is 0.300. The van der Waals surface area contributed by atoms with E-state index in [9.17, 15) is 14.9 Å². The van der Waals surface area contributed by atoms with Crippen LogP contribution in [0.1, 0.15) is 12.0 Å². The van der Waals surface area contributed by atoms with Gasteiger partial charge in [0, 0.05) is 17.9 Å². The van der Waals surface area contributed by atoms with Crippen LogP contribution >= 0.6 is 0 Å². The highest BCUT2D eigenvalue weighted by Gasteiger charge is 2.53. The number of hydrogen-bond acceptors (Lipinski definition) is 6. The van der Waals surface area contributed by atoms with Crippen LogP contribution in [0.2, 0.25) is 0 Å². The third-order valence-electron chi connectivity index (χ3n) is 3.56. The van der Waals surface area contributed by atoms with E-state index in [1.54, 1.807) is 12.1 Å². The van der Waals surface area contributed by atoms with Crippen molar-refractivity contribution in [2.45, 2.75) is 19.0 Å². The normalized spacial score (nSPS) is 19.2. The molecule has 0 aliphatic heterocycles. The monoisotopic (exact) mass is 310 g/mol. The van der Waals surface area contributed by atoms with Crippen LogP contribution in [0, 0.1) is 16.0 Å². The zero-order chi connectivity index (χ0) is 16.3. The van der Waals surface area contributed by atoms with Crippen LogP contribution in [-0.2, 0) is 11.3 Å². The van der Waals surface area contributed by atoms with Gasteiger partial charge in [-0.2, -0.15) is 0 Å². The summed E-state index contributed by atoms with van der Waals surface area (Å²) in [6.45, 7) is 0.233. The van der Waals surface area contributed by atoms with Crippen LogP contribution in [0.15, 0.2) is 12.1 Å². The lowest BCUT2D eigenvalue weighted by Gasteiger charge is -2.14. The van der Waals surface area contributed by atoms with Gasteiger partial charge in [0.15, 0.2) is 11.5 Å². The summed E-state index contributed by atoms with van der Waals surface area (Å²) in [4.78, 5) is 22.0. The molecule has 0 saturated heterocycles. The number of nitrogens with one attached hydrogen (secondary N) is 1. The maximum absolute atomic E-state index is 11.8. The first-order valence-corrected chi connectivity index (χ1v) is 6.71. The van der Waals surface area contributed by atoms with Gasteiger partial charge in [-0.3, -0.25) is 14.9 Å². The molecule has 8 heteroatoms. The molecule has 2 unspecified atom stereocenters. The van der Waals surface area contributed by atoms with Crippen molar-refractivity contribution in [1.29, 1.82) is 0 Å². The summed E-state index contributed by atoms with van der Waals surface area (Å²) in [6, 6.07) is 2.69. The number of carbonyl (C=O) groups excluding carboxylic acids is 1. The van der Waals surface area contributed by atoms with Crippen LogP contribution in [0.3, 0.4) is 0 Å². The molecule has 1 amide bonds. The fraction of sp³-hybridized carbons (Fsp3) is 0.500. The van der Waals surface area contributed by atoms with Crippen molar-refractivity contribution in [2.24, 2.45) is 5.92 Å². The Labute approximate surface area is 127 Å². The third kappa shape index (κ3) is 3.21. The zero-order valence-corrected chi connectivity index (χ0v) is 12.6. The van der Waals surface area contributed by atoms with Crippen LogP contribution in [0.25, 0.3) is 0 Å². The van der Waals surface area contributed by atoms with Gasteiger partial charge in [0.05, 0.1) is 21.3 Å². The maximum Gasteiger partial charge on any atom is 0.230 e. The number of hydrogen-bond donors (Lipinski definition) is 1. The number of amides is 1. The molecule has 1 saturated carbocycles. The predicted molar refractivity (Wildman–Crippen MR) is 76.8 cm³/mol. The number of benzene rings is 1. The van der Waals surface area contributed by atoms with Crippen molar-refractivity contribution in [3.8, 4) is 17.2 Å². The number of carbonyl (C=O) groups is 1. The molecule has 2 rings (SSSR count). The number of rotatable bonds is 7. The fourth-order valence-electron chi connectivity index (χ4n) is 2.25. The number of nitrogens with zero attached hydrogens (tertiary/aromatic N) is 1. The highest BCUT2D eigenvalue weighted by atomic mass is 16.6. The highest BCUT2D eigenvalue weighted by Crippen LogP contribution is 2.38. The Bertz CT molecular complexity index is 564. The Morgan fingerprint density at radius 1 is 1.27 bits per heavy atom. The molecule has 0 radical (unpaired) electrons. The lowest BCUT2D eigenvalue weighted by atomic mass is 10.1. The van der Waals surface area contributed by atoms with Gasteiger partial charge in [0.25, 0.3) is 0 Å². The summed E-state index contributed by atoms with van der Waals surface area (Å²) >= 11 is 0. The molecule has 8 nitrogen and oxygen atoms in total. The first kappa shape index (κ1) is 15.9. The molecule has 0 aromatic heterocycles. The lowest BCUT2D eigenvalue weighted by molar-refractivity contribution is -0.497. The SMILES string of the molecule is COc1cc(CNC(=O)C2CC2[N+](=O)[O-])cc(OC)c1OC. The Morgan fingerprint density at radius 3 is 2.27 bits per heavy atom. The van der Waals surface area contributed by atoms with E-state index in [0.717, 1.165) is 5.56 Å². The molecule has 1 N–H and O–H groups in total. The molecule has 22 heavy (non-hydrogen) atoms. The van der Waals surface area contributed by atoms with Crippen LogP contribution in [0.5, 0.6) is 17.2 Å². The minimum atomic E-state index is -0.750.